The quantitative estimate of drug-likeness (QED) is 0.626. The zero-order chi connectivity index (χ0) is 15.6. The Kier molecular flexibility index (Phi) is 3.66. The summed E-state index contributed by atoms with van der Waals surface area (Å²) in [6.07, 6.45) is 6.96. The second kappa shape index (κ2) is 5.63. The van der Waals surface area contributed by atoms with E-state index in [4.69, 9.17) is 5.73 Å². The minimum absolute atomic E-state index is 0.328. The van der Waals surface area contributed by atoms with Crippen LogP contribution in [0.4, 0.5) is 5.82 Å². The molecule has 7 heteroatoms. The second-order valence-electron chi connectivity index (χ2n) is 4.93. The number of nitrogens with two attached hydrogens (primary N) is 1. The van der Waals surface area contributed by atoms with Crippen molar-refractivity contribution in [1.82, 2.24) is 19.9 Å². The summed E-state index contributed by atoms with van der Waals surface area (Å²) in [5, 5.41) is 13.7. The number of aromatic nitrogens is 4. The molecule has 1 atom stereocenters. The third-order valence-corrected chi connectivity index (χ3v) is 3.31. The Labute approximate surface area is 127 Å². The summed E-state index contributed by atoms with van der Waals surface area (Å²) >= 11 is 0. The van der Waals surface area contributed by atoms with E-state index in [9.17, 15) is 5.11 Å². The highest BCUT2D eigenvalue weighted by Crippen LogP contribution is 2.25. The van der Waals surface area contributed by atoms with Crippen LogP contribution in [-0.2, 0) is 0 Å². The number of aliphatic hydroxyl groups is 1. The van der Waals surface area contributed by atoms with Gasteiger partial charge in [-0.25, -0.2) is 9.97 Å². The molecule has 0 saturated carbocycles. The van der Waals surface area contributed by atoms with E-state index in [2.05, 4.69) is 25.3 Å². The van der Waals surface area contributed by atoms with Gasteiger partial charge < -0.3 is 10.4 Å². The predicted octanol–water partition coefficient (Wildman–Crippen LogP) is 1.51. The fraction of sp³-hybridized carbons (Fsp3) is 0.200. The Bertz CT molecular complexity index is 790. The maximum Gasteiger partial charge on any atom is 0.191 e. The van der Waals surface area contributed by atoms with Gasteiger partial charge in [0.1, 0.15) is 5.82 Å². The van der Waals surface area contributed by atoms with Gasteiger partial charge >= 0.3 is 0 Å². The Balaban J connectivity index is 2.17. The van der Waals surface area contributed by atoms with Crippen LogP contribution in [0.3, 0.4) is 0 Å². The molecule has 4 N–H and O–H groups in total. The van der Waals surface area contributed by atoms with Crippen LogP contribution in [-0.4, -0.2) is 30.9 Å². The van der Waals surface area contributed by atoms with E-state index in [1.165, 1.54) is 0 Å². The summed E-state index contributed by atoms with van der Waals surface area (Å²) in [5.74, 6) is -0.566. The first kappa shape index (κ1) is 14.3. The zero-order valence-electron chi connectivity index (χ0n) is 12.1. The average molecular weight is 296 g/mol. The maximum absolute atomic E-state index is 10.1. The van der Waals surface area contributed by atoms with E-state index in [0.29, 0.717) is 23.6 Å². The number of fused-ring (bicyclic) bond motifs is 1. The van der Waals surface area contributed by atoms with Crippen LogP contribution < -0.4 is 11.1 Å². The largest absolute Gasteiger partial charge is 0.359 e. The lowest BCUT2D eigenvalue weighted by Gasteiger charge is -2.24. The molecule has 3 heterocycles. The molecule has 3 aromatic heterocycles. The van der Waals surface area contributed by atoms with Gasteiger partial charge in [0.2, 0.25) is 0 Å². The molecule has 1 unspecified atom stereocenters. The highest BCUT2D eigenvalue weighted by molar-refractivity contribution is 5.90. The number of hydrogen-bond donors (Lipinski definition) is 3. The molecule has 3 rings (SSSR count). The van der Waals surface area contributed by atoms with Crippen molar-refractivity contribution in [2.24, 2.45) is 5.73 Å². The van der Waals surface area contributed by atoms with Crippen molar-refractivity contribution < 1.29 is 5.11 Å². The van der Waals surface area contributed by atoms with Crippen LogP contribution in [0.1, 0.15) is 13.3 Å². The highest BCUT2D eigenvalue weighted by Gasteiger charge is 2.20. The molecular formula is C15H16N6O. The molecule has 0 aliphatic carbocycles. The normalized spacial score (nSPS) is 13.8. The lowest BCUT2D eigenvalue weighted by molar-refractivity contribution is 0.0727. The number of nitrogens with zero attached hydrogens (tertiary/aromatic N) is 4. The molecule has 0 aromatic carbocycles. The van der Waals surface area contributed by atoms with Crippen LogP contribution in [0.25, 0.3) is 22.3 Å². The standard InChI is InChI=1S/C15H16N6O/c1-2-15(16,22)21-14-11-5-8-18-9-12(11)19-13(20-14)10-3-6-17-7-4-10/h3-9,22H,2,16H2,1H3,(H,19,20,21). The van der Waals surface area contributed by atoms with Crippen molar-refractivity contribution in [3.05, 3.63) is 43.0 Å². The molecule has 7 nitrogen and oxygen atoms in total. The van der Waals surface area contributed by atoms with Crippen molar-refractivity contribution in [2.75, 3.05) is 5.32 Å². The number of rotatable bonds is 4. The van der Waals surface area contributed by atoms with Crippen molar-refractivity contribution in [2.45, 2.75) is 19.2 Å². The first-order valence-electron chi connectivity index (χ1n) is 6.90. The Morgan fingerprint density at radius 1 is 1.14 bits per heavy atom. The van der Waals surface area contributed by atoms with Gasteiger partial charge in [-0.15, -0.1) is 0 Å². The molecule has 0 radical (unpaired) electrons. The Morgan fingerprint density at radius 2 is 1.86 bits per heavy atom. The molecule has 0 amide bonds. The summed E-state index contributed by atoms with van der Waals surface area (Å²) in [4.78, 5) is 17.1. The fourth-order valence-corrected chi connectivity index (χ4v) is 2.00. The first-order valence-corrected chi connectivity index (χ1v) is 6.90. The van der Waals surface area contributed by atoms with E-state index in [0.717, 1.165) is 10.9 Å². The van der Waals surface area contributed by atoms with Gasteiger partial charge in [-0.05, 0) is 18.2 Å². The number of hydrogen-bond acceptors (Lipinski definition) is 7. The summed E-state index contributed by atoms with van der Waals surface area (Å²) in [5.41, 5.74) is 7.27. The summed E-state index contributed by atoms with van der Waals surface area (Å²) in [6, 6.07) is 5.41. The fourth-order valence-electron chi connectivity index (χ4n) is 2.00. The van der Waals surface area contributed by atoms with E-state index in [1.807, 2.05) is 12.1 Å². The maximum atomic E-state index is 10.1. The van der Waals surface area contributed by atoms with Gasteiger partial charge in [-0.3, -0.25) is 15.7 Å². The van der Waals surface area contributed by atoms with E-state index in [1.54, 1.807) is 37.8 Å². The van der Waals surface area contributed by atoms with Gasteiger partial charge in [-0.1, -0.05) is 6.92 Å². The highest BCUT2D eigenvalue weighted by atomic mass is 16.3. The number of pyridine rings is 2. The van der Waals surface area contributed by atoms with Gasteiger partial charge in [0, 0.05) is 36.0 Å². The molecule has 0 spiro atoms. The average Bonchev–Trinajstić information content (AvgIpc) is 2.55. The Morgan fingerprint density at radius 3 is 2.59 bits per heavy atom. The Hall–Kier alpha value is -2.64. The third kappa shape index (κ3) is 2.85. The van der Waals surface area contributed by atoms with Gasteiger partial charge in [0.05, 0.1) is 11.7 Å². The summed E-state index contributed by atoms with van der Waals surface area (Å²) in [7, 11) is 0. The molecule has 0 saturated heterocycles. The van der Waals surface area contributed by atoms with Gasteiger partial charge in [0.25, 0.3) is 0 Å². The summed E-state index contributed by atoms with van der Waals surface area (Å²) in [6.45, 7) is 1.78. The van der Waals surface area contributed by atoms with Crippen LogP contribution in [0.5, 0.6) is 0 Å². The van der Waals surface area contributed by atoms with Crippen molar-refractivity contribution in [3.8, 4) is 11.4 Å². The van der Waals surface area contributed by atoms with Crippen molar-refractivity contribution in [3.63, 3.8) is 0 Å². The third-order valence-electron chi connectivity index (χ3n) is 3.31. The van der Waals surface area contributed by atoms with E-state index in [-0.39, 0.29) is 0 Å². The molecule has 22 heavy (non-hydrogen) atoms. The van der Waals surface area contributed by atoms with Crippen molar-refractivity contribution in [1.29, 1.82) is 0 Å². The lowest BCUT2D eigenvalue weighted by atomic mass is 10.2. The minimum atomic E-state index is -1.54. The van der Waals surface area contributed by atoms with Crippen LogP contribution >= 0.6 is 0 Å². The first-order chi connectivity index (χ1) is 10.6. The van der Waals surface area contributed by atoms with Crippen LogP contribution in [0, 0.1) is 0 Å². The monoisotopic (exact) mass is 296 g/mol. The molecule has 0 aliphatic heterocycles. The summed E-state index contributed by atoms with van der Waals surface area (Å²) < 4.78 is 0. The van der Waals surface area contributed by atoms with Crippen LogP contribution in [0.15, 0.2) is 43.0 Å². The van der Waals surface area contributed by atoms with Gasteiger partial charge in [-0.2, -0.15) is 0 Å². The van der Waals surface area contributed by atoms with Crippen LogP contribution in [0.2, 0.25) is 0 Å². The molecule has 0 fully saturated rings. The van der Waals surface area contributed by atoms with E-state index < -0.39 is 5.85 Å². The molecule has 3 aromatic rings. The number of anilines is 1. The van der Waals surface area contributed by atoms with Crippen molar-refractivity contribution >= 4 is 16.7 Å². The smallest absolute Gasteiger partial charge is 0.191 e. The zero-order valence-corrected chi connectivity index (χ0v) is 12.1. The topological polar surface area (TPSA) is 110 Å². The predicted molar refractivity (Wildman–Crippen MR) is 83.6 cm³/mol. The second-order valence-corrected chi connectivity index (χ2v) is 4.93. The molecular weight excluding hydrogens is 280 g/mol. The molecule has 0 bridgehead atoms. The SMILES string of the molecule is CCC(N)(O)Nc1nc(-c2ccncc2)nc2cnccc12. The lowest BCUT2D eigenvalue weighted by Crippen LogP contribution is -2.47. The number of nitrogens with one attached hydrogen (secondary N) is 1. The molecule has 0 aliphatic rings. The van der Waals surface area contributed by atoms with E-state index >= 15 is 0 Å². The minimum Gasteiger partial charge on any atom is -0.359 e. The van der Waals surface area contributed by atoms with Gasteiger partial charge in [0.15, 0.2) is 11.7 Å². The molecule has 112 valence electrons.